The second-order valence-electron chi connectivity index (χ2n) is 7.89. The minimum absolute atomic E-state index is 0.0205. The summed E-state index contributed by atoms with van der Waals surface area (Å²) in [6, 6.07) is 4.37. The Morgan fingerprint density at radius 1 is 1.14 bits per heavy atom. The predicted molar refractivity (Wildman–Crippen MR) is 90.7 cm³/mol. The summed E-state index contributed by atoms with van der Waals surface area (Å²) < 4.78 is 5.94. The van der Waals surface area contributed by atoms with Crippen molar-refractivity contribution in [2.45, 2.75) is 52.4 Å². The fraction of sp³-hybridized carbons (Fsp3) is 0.500. The third-order valence-electron chi connectivity index (χ3n) is 3.93. The zero-order chi connectivity index (χ0) is 16.7. The molecule has 0 bridgehead atoms. The van der Waals surface area contributed by atoms with Crippen LogP contribution in [0.15, 0.2) is 22.9 Å². The van der Waals surface area contributed by atoms with Crippen molar-refractivity contribution >= 4 is 11.9 Å². The van der Waals surface area contributed by atoms with E-state index in [-0.39, 0.29) is 16.7 Å². The molecule has 1 aliphatic heterocycles. The van der Waals surface area contributed by atoms with Gasteiger partial charge in [-0.15, -0.1) is 0 Å². The van der Waals surface area contributed by atoms with Crippen molar-refractivity contribution < 1.29 is 9.94 Å². The molecule has 1 aliphatic rings. The van der Waals surface area contributed by atoms with Gasteiger partial charge in [0.05, 0.1) is 0 Å². The lowest BCUT2D eigenvalue weighted by Crippen LogP contribution is -2.25. The van der Waals surface area contributed by atoms with Crippen LogP contribution in [0.1, 0.15) is 58.2 Å². The number of hydrogen-bond donors (Lipinski definition) is 2. The van der Waals surface area contributed by atoms with Gasteiger partial charge in [-0.05, 0) is 28.5 Å². The predicted octanol–water partition coefficient (Wildman–Crippen LogP) is 3.80. The van der Waals surface area contributed by atoms with Gasteiger partial charge in [0, 0.05) is 16.7 Å². The van der Waals surface area contributed by atoms with Crippen LogP contribution in [0.2, 0.25) is 0 Å². The van der Waals surface area contributed by atoms with E-state index in [4.69, 9.17) is 15.7 Å². The van der Waals surface area contributed by atoms with Crippen molar-refractivity contribution in [2.75, 3.05) is 6.61 Å². The Bertz CT molecular complexity index is 644. The first-order chi connectivity index (χ1) is 10.0. The van der Waals surface area contributed by atoms with E-state index in [1.807, 2.05) is 6.08 Å². The van der Waals surface area contributed by atoms with Crippen LogP contribution in [0.25, 0.3) is 6.08 Å². The number of nitrogens with two attached hydrogens (primary N) is 1. The number of benzene rings is 1. The van der Waals surface area contributed by atoms with Crippen LogP contribution in [-0.2, 0) is 10.8 Å². The third kappa shape index (κ3) is 3.11. The fourth-order valence-electron chi connectivity index (χ4n) is 2.50. The number of nitrogens with zero attached hydrogens (tertiary/aromatic N) is 1. The van der Waals surface area contributed by atoms with Crippen molar-refractivity contribution in [1.82, 2.24) is 0 Å². The molecule has 0 radical (unpaired) electrons. The van der Waals surface area contributed by atoms with Crippen LogP contribution < -0.4 is 10.5 Å². The Morgan fingerprint density at radius 2 is 1.77 bits per heavy atom. The standard InChI is InChI=1S/C18H26N2O2/c1-17(2,3)13-8-11-7-12(16(19)20-21)10-22-15(11)14(9-13)18(4,5)6/h7-9,21H,10H2,1-6H3,(H2,19,20). The highest BCUT2D eigenvalue weighted by molar-refractivity contribution is 6.01. The van der Waals surface area contributed by atoms with Gasteiger partial charge in [0.1, 0.15) is 12.4 Å². The quantitative estimate of drug-likeness (QED) is 0.359. The summed E-state index contributed by atoms with van der Waals surface area (Å²) in [7, 11) is 0. The molecule has 0 spiro atoms. The van der Waals surface area contributed by atoms with Crippen LogP contribution in [0.5, 0.6) is 5.75 Å². The first-order valence-electron chi connectivity index (χ1n) is 7.54. The minimum Gasteiger partial charge on any atom is -0.488 e. The Balaban J connectivity index is 2.69. The van der Waals surface area contributed by atoms with Gasteiger partial charge in [-0.1, -0.05) is 52.8 Å². The van der Waals surface area contributed by atoms with Crippen LogP contribution in [0.3, 0.4) is 0 Å². The summed E-state index contributed by atoms with van der Waals surface area (Å²) in [6.45, 7) is 13.4. The van der Waals surface area contributed by atoms with E-state index in [1.54, 1.807) is 0 Å². The Kier molecular flexibility index (Phi) is 3.98. The number of hydrogen-bond acceptors (Lipinski definition) is 3. The average Bonchev–Trinajstić information content (AvgIpc) is 2.42. The number of oxime groups is 1. The van der Waals surface area contributed by atoms with Gasteiger partial charge in [-0.25, -0.2) is 0 Å². The molecule has 0 aromatic heterocycles. The molecule has 0 atom stereocenters. The van der Waals surface area contributed by atoms with Crippen LogP contribution in [0, 0.1) is 0 Å². The number of rotatable bonds is 1. The second-order valence-corrected chi connectivity index (χ2v) is 7.89. The van der Waals surface area contributed by atoms with Crippen LogP contribution in [0.4, 0.5) is 0 Å². The second kappa shape index (κ2) is 5.34. The fourth-order valence-corrected chi connectivity index (χ4v) is 2.50. The molecule has 120 valence electrons. The topological polar surface area (TPSA) is 67.8 Å². The molecule has 1 aromatic rings. The van der Waals surface area contributed by atoms with E-state index >= 15 is 0 Å². The number of fused-ring (bicyclic) bond motifs is 1. The van der Waals surface area contributed by atoms with Gasteiger partial charge in [0.25, 0.3) is 0 Å². The largest absolute Gasteiger partial charge is 0.488 e. The van der Waals surface area contributed by atoms with Crippen LogP contribution in [-0.4, -0.2) is 17.6 Å². The highest BCUT2D eigenvalue weighted by Crippen LogP contribution is 2.40. The summed E-state index contributed by atoms with van der Waals surface area (Å²) in [4.78, 5) is 0. The summed E-state index contributed by atoms with van der Waals surface area (Å²) in [5, 5.41) is 11.9. The molecule has 3 N–H and O–H groups in total. The van der Waals surface area contributed by atoms with Gasteiger partial charge in [-0.2, -0.15) is 0 Å². The summed E-state index contributed by atoms with van der Waals surface area (Å²) >= 11 is 0. The van der Waals surface area contributed by atoms with E-state index in [1.165, 1.54) is 11.1 Å². The Hall–Kier alpha value is -1.97. The molecular formula is C18H26N2O2. The molecule has 0 unspecified atom stereocenters. The van der Waals surface area contributed by atoms with Gasteiger partial charge >= 0.3 is 0 Å². The molecule has 0 saturated carbocycles. The maximum atomic E-state index is 8.87. The van der Waals surface area contributed by atoms with Crippen molar-refractivity contribution in [3.63, 3.8) is 0 Å². The van der Waals surface area contributed by atoms with E-state index in [0.29, 0.717) is 12.2 Å². The van der Waals surface area contributed by atoms with E-state index in [2.05, 4.69) is 58.8 Å². The average molecular weight is 302 g/mol. The molecule has 4 heteroatoms. The highest BCUT2D eigenvalue weighted by atomic mass is 16.5. The Morgan fingerprint density at radius 3 is 2.27 bits per heavy atom. The van der Waals surface area contributed by atoms with Crippen molar-refractivity contribution in [2.24, 2.45) is 10.9 Å². The third-order valence-corrected chi connectivity index (χ3v) is 3.93. The maximum absolute atomic E-state index is 8.87. The molecule has 0 saturated heterocycles. The molecular weight excluding hydrogens is 276 g/mol. The lowest BCUT2D eigenvalue weighted by Gasteiger charge is -2.30. The SMILES string of the molecule is CC(C)(C)c1cc2c(c(C(C)(C)C)c1)OCC(C(N)=NO)=C2. The molecule has 0 aliphatic carbocycles. The lowest BCUT2D eigenvalue weighted by atomic mass is 9.78. The number of ether oxygens (including phenoxy) is 1. The lowest BCUT2D eigenvalue weighted by molar-refractivity contribution is 0.314. The summed E-state index contributed by atoms with van der Waals surface area (Å²) in [5.74, 6) is 0.999. The van der Waals surface area contributed by atoms with Gasteiger partial charge < -0.3 is 15.7 Å². The van der Waals surface area contributed by atoms with Crippen molar-refractivity contribution in [1.29, 1.82) is 0 Å². The summed E-state index contributed by atoms with van der Waals surface area (Å²) in [6.07, 6.45) is 1.96. The van der Waals surface area contributed by atoms with Gasteiger partial charge in [0.2, 0.25) is 0 Å². The smallest absolute Gasteiger partial charge is 0.169 e. The first-order valence-corrected chi connectivity index (χ1v) is 7.54. The molecule has 0 amide bonds. The zero-order valence-electron chi connectivity index (χ0n) is 14.3. The molecule has 1 heterocycles. The monoisotopic (exact) mass is 302 g/mol. The maximum Gasteiger partial charge on any atom is 0.169 e. The molecule has 2 rings (SSSR count). The highest BCUT2D eigenvalue weighted by Gasteiger charge is 2.27. The van der Waals surface area contributed by atoms with Crippen LogP contribution >= 0.6 is 0 Å². The molecule has 0 fully saturated rings. The molecule has 22 heavy (non-hydrogen) atoms. The normalized spacial score (nSPS) is 15.9. The van der Waals surface area contributed by atoms with Crippen molar-refractivity contribution in [3.8, 4) is 5.75 Å². The van der Waals surface area contributed by atoms with E-state index in [9.17, 15) is 0 Å². The zero-order valence-corrected chi connectivity index (χ0v) is 14.3. The van der Waals surface area contributed by atoms with Gasteiger partial charge in [0.15, 0.2) is 5.84 Å². The van der Waals surface area contributed by atoms with E-state index < -0.39 is 0 Å². The van der Waals surface area contributed by atoms with E-state index in [0.717, 1.165) is 11.3 Å². The molecule has 4 nitrogen and oxygen atoms in total. The minimum atomic E-state index is -0.0205. The first kappa shape index (κ1) is 16.4. The van der Waals surface area contributed by atoms with Crippen molar-refractivity contribution in [3.05, 3.63) is 34.4 Å². The number of amidine groups is 1. The van der Waals surface area contributed by atoms with Gasteiger partial charge in [-0.3, -0.25) is 0 Å². The molecule has 1 aromatic carbocycles. The summed E-state index contributed by atoms with van der Waals surface area (Å²) in [5.41, 5.74) is 9.84. The Labute approximate surface area is 132 Å².